The first-order valence-corrected chi connectivity index (χ1v) is 6.44. The number of anilines is 1. The quantitative estimate of drug-likeness (QED) is 0.847. The lowest BCUT2D eigenvalue weighted by Gasteiger charge is -2.10. The van der Waals surface area contributed by atoms with Crippen LogP contribution in [0.15, 0.2) is 48.5 Å². The first kappa shape index (κ1) is 13.9. The molecule has 0 heterocycles. The Labute approximate surface area is 118 Å². The van der Waals surface area contributed by atoms with E-state index in [1.165, 1.54) is 11.1 Å². The molecular formula is C16H18N2O2. The monoisotopic (exact) mass is 270 g/mol. The summed E-state index contributed by atoms with van der Waals surface area (Å²) in [4.78, 5) is 10.6. The molecule has 0 radical (unpaired) electrons. The van der Waals surface area contributed by atoms with Gasteiger partial charge in [-0.05, 0) is 42.3 Å². The zero-order valence-electron chi connectivity index (χ0n) is 11.4. The fourth-order valence-electron chi connectivity index (χ4n) is 1.83. The second-order valence-corrected chi connectivity index (χ2v) is 4.56. The molecule has 3 N–H and O–H groups in total. The van der Waals surface area contributed by atoms with E-state index >= 15 is 0 Å². The molecule has 20 heavy (non-hydrogen) atoms. The highest BCUT2D eigenvalue weighted by atomic mass is 16.5. The van der Waals surface area contributed by atoms with Crippen LogP contribution in [-0.2, 0) is 11.3 Å². The number of nitrogens with one attached hydrogen (secondary N) is 1. The zero-order chi connectivity index (χ0) is 14.4. The van der Waals surface area contributed by atoms with E-state index in [-0.39, 0.29) is 6.61 Å². The third kappa shape index (κ3) is 4.02. The molecule has 0 saturated heterocycles. The molecule has 2 aromatic rings. The third-order valence-corrected chi connectivity index (χ3v) is 2.98. The van der Waals surface area contributed by atoms with E-state index in [1.54, 1.807) is 0 Å². The van der Waals surface area contributed by atoms with Crippen LogP contribution >= 0.6 is 0 Å². The summed E-state index contributed by atoms with van der Waals surface area (Å²) in [6, 6.07) is 15.7. The first-order valence-electron chi connectivity index (χ1n) is 6.44. The maximum atomic E-state index is 10.6. The van der Waals surface area contributed by atoms with Gasteiger partial charge in [-0.3, -0.25) is 4.79 Å². The summed E-state index contributed by atoms with van der Waals surface area (Å²) in [5.41, 5.74) is 8.55. The molecule has 0 bridgehead atoms. The summed E-state index contributed by atoms with van der Waals surface area (Å²) in [6.07, 6.45) is 0. The molecule has 0 aliphatic heterocycles. The fourth-order valence-corrected chi connectivity index (χ4v) is 1.83. The van der Waals surface area contributed by atoms with E-state index in [0.29, 0.717) is 5.75 Å². The van der Waals surface area contributed by atoms with Gasteiger partial charge < -0.3 is 15.8 Å². The van der Waals surface area contributed by atoms with Gasteiger partial charge in [0.05, 0.1) is 0 Å². The minimum Gasteiger partial charge on any atom is -0.484 e. The molecule has 0 aromatic heterocycles. The Morgan fingerprint density at radius 1 is 1.15 bits per heavy atom. The van der Waals surface area contributed by atoms with Gasteiger partial charge >= 0.3 is 0 Å². The number of benzene rings is 2. The van der Waals surface area contributed by atoms with Gasteiger partial charge in [-0.2, -0.15) is 0 Å². The normalized spacial score (nSPS) is 10.1. The smallest absolute Gasteiger partial charge is 0.255 e. The number of carbonyl (C=O) groups is 1. The van der Waals surface area contributed by atoms with Gasteiger partial charge in [0.25, 0.3) is 5.91 Å². The van der Waals surface area contributed by atoms with Crippen molar-refractivity contribution >= 4 is 11.6 Å². The maximum Gasteiger partial charge on any atom is 0.255 e. The Kier molecular flexibility index (Phi) is 4.60. The highest BCUT2D eigenvalue weighted by Crippen LogP contribution is 2.17. The Bertz CT molecular complexity index is 579. The van der Waals surface area contributed by atoms with Crippen molar-refractivity contribution in [3.63, 3.8) is 0 Å². The molecule has 0 fully saturated rings. The van der Waals surface area contributed by atoms with Crippen molar-refractivity contribution in [1.29, 1.82) is 0 Å². The number of rotatable bonds is 6. The molecule has 4 heteroatoms. The summed E-state index contributed by atoms with van der Waals surface area (Å²) in [7, 11) is 0. The maximum absolute atomic E-state index is 10.6. The van der Waals surface area contributed by atoms with Crippen LogP contribution in [0.2, 0.25) is 0 Å². The number of hydrogen-bond donors (Lipinski definition) is 2. The largest absolute Gasteiger partial charge is 0.484 e. The molecule has 1 amide bonds. The molecule has 0 aliphatic carbocycles. The topological polar surface area (TPSA) is 64.3 Å². The minimum atomic E-state index is -0.480. The minimum absolute atomic E-state index is 0.101. The summed E-state index contributed by atoms with van der Waals surface area (Å²) in [5, 5.41) is 3.35. The van der Waals surface area contributed by atoms with Crippen LogP contribution in [0.25, 0.3) is 0 Å². The summed E-state index contributed by atoms with van der Waals surface area (Å²) < 4.78 is 5.20. The van der Waals surface area contributed by atoms with E-state index in [4.69, 9.17) is 10.5 Å². The van der Waals surface area contributed by atoms with Gasteiger partial charge in [0.15, 0.2) is 6.61 Å². The highest BCUT2D eigenvalue weighted by molar-refractivity contribution is 5.75. The molecule has 0 saturated carbocycles. The van der Waals surface area contributed by atoms with Crippen molar-refractivity contribution in [3.05, 3.63) is 59.7 Å². The van der Waals surface area contributed by atoms with E-state index in [0.717, 1.165) is 12.2 Å². The first-order chi connectivity index (χ1) is 9.65. The number of hydrogen-bond acceptors (Lipinski definition) is 3. The van der Waals surface area contributed by atoms with Crippen molar-refractivity contribution in [2.45, 2.75) is 13.5 Å². The number of primary amides is 1. The predicted molar refractivity (Wildman–Crippen MR) is 79.6 cm³/mol. The number of nitrogens with two attached hydrogens (primary N) is 1. The number of aryl methyl sites for hydroxylation is 1. The average Bonchev–Trinajstić information content (AvgIpc) is 2.45. The lowest BCUT2D eigenvalue weighted by atomic mass is 10.1. The number of carbonyl (C=O) groups excluding carboxylic acids is 1. The molecule has 0 unspecified atom stereocenters. The second kappa shape index (κ2) is 6.61. The van der Waals surface area contributed by atoms with Gasteiger partial charge in [-0.1, -0.05) is 24.3 Å². The highest BCUT2D eigenvalue weighted by Gasteiger charge is 1.99. The number of ether oxygens (including phenoxy) is 1. The van der Waals surface area contributed by atoms with E-state index in [9.17, 15) is 4.79 Å². The molecular weight excluding hydrogens is 252 g/mol. The van der Waals surface area contributed by atoms with Crippen LogP contribution in [-0.4, -0.2) is 12.5 Å². The van der Waals surface area contributed by atoms with Crippen LogP contribution < -0.4 is 15.8 Å². The van der Waals surface area contributed by atoms with Crippen LogP contribution in [0.5, 0.6) is 5.75 Å². The molecule has 2 rings (SSSR count). The average molecular weight is 270 g/mol. The third-order valence-electron chi connectivity index (χ3n) is 2.98. The summed E-state index contributed by atoms with van der Waals surface area (Å²) in [6.45, 7) is 2.77. The molecule has 0 atom stereocenters. The Morgan fingerprint density at radius 2 is 1.85 bits per heavy atom. The Balaban J connectivity index is 1.91. The van der Waals surface area contributed by atoms with Crippen LogP contribution in [0, 0.1) is 6.92 Å². The lowest BCUT2D eigenvalue weighted by Crippen LogP contribution is -2.19. The Hall–Kier alpha value is -2.49. The Morgan fingerprint density at radius 3 is 2.50 bits per heavy atom. The van der Waals surface area contributed by atoms with Gasteiger partial charge in [-0.15, -0.1) is 0 Å². The molecule has 104 valence electrons. The molecule has 0 aliphatic rings. The van der Waals surface area contributed by atoms with Gasteiger partial charge in [0.1, 0.15) is 5.75 Å². The van der Waals surface area contributed by atoms with Gasteiger partial charge in [-0.25, -0.2) is 0 Å². The second-order valence-electron chi connectivity index (χ2n) is 4.56. The molecule has 0 spiro atoms. The van der Waals surface area contributed by atoms with E-state index in [1.807, 2.05) is 36.4 Å². The predicted octanol–water partition coefficient (Wildman–Crippen LogP) is 2.47. The van der Waals surface area contributed by atoms with Crippen molar-refractivity contribution in [3.8, 4) is 5.75 Å². The standard InChI is InChI=1S/C16H18N2O2/c1-12-4-2-3-5-13(12)10-18-14-6-8-15(9-7-14)20-11-16(17)19/h2-9,18H,10-11H2,1H3,(H2,17,19). The summed E-state index contributed by atoms with van der Waals surface area (Å²) >= 11 is 0. The van der Waals surface area contributed by atoms with Gasteiger partial charge in [0, 0.05) is 12.2 Å². The van der Waals surface area contributed by atoms with Crippen molar-refractivity contribution in [1.82, 2.24) is 0 Å². The van der Waals surface area contributed by atoms with E-state index in [2.05, 4.69) is 24.4 Å². The van der Waals surface area contributed by atoms with Crippen molar-refractivity contribution < 1.29 is 9.53 Å². The van der Waals surface area contributed by atoms with Crippen LogP contribution in [0.1, 0.15) is 11.1 Å². The van der Waals surface area contributed by atoms with Gasteiger partial charge in [0.2, 0.25) is 0 Å². The van der Waals surface area contributed by atoms with E-state index < -0.39 is 5.91 Å². The zero-order valence-corrected chi connectivity index (χ0v) is 11.4. The number of amides is 1. The molecule has 4 nitrogen and oxygen atoms in total. The van der Waals surface area contributed by atoms with Crippen LogP contribution in [0.3, 0.4) is 0 Å². The van der Waals surface area contributed by atoms with Crippen molar-refractivity contribution in [2.75, 3.05) is 11.9 Å². The lowest BCUT2D eigenvalue weighted by molar-refractivity contribution is -0.119. The van der Waals surface area contributed by atoms with Crippen molar-refractivity contribution in [2.24, 2.45) is 5.73 Å². The summed E-state index contributed by atoms with van der Waals surface area (Å²) in [5.74, 6) is 0.150. The fraction of sp³-hybridized carbons (Fsp3) is 0.188. The van der Waals surface area contributed by atoms with Crippen LogP contribution in [0.4, 0.5) is 5.69 Å². The SMILES string of the molecule is Cc1ccccc1CNc1ccc(OCC(N)=O)cc1. The molecule has 2 aromatic carbocycles.